The third kappa shape index (κ3) is 3.01. The molecule has 0 spiro atoms. The third-order valence-electron chi connectivity index (χ3n) is 2.43. The predicted molar refractivity (Wildman–Crippen MR) is 66.8 cm³/mol. The number of aromatic nitrogens is 1. The minimum Gasteiger partial charge on any atom is -0.287 e. The first-order valence-corrected chi connectivity index (χ1v) is 6.01. The van der Waals surface area contributed by atoms with Crippen LogP contribution in [-0.4, -0.2) is 10.8 Å². The van der Waals surface area contributed by atoms with Crippen molar-refractivity contribution in [2.75, 3.05) is 0 Å². The summed E-state index contributed by atoms with van der Waals surface area (Å²) in [6.45, 7) is 0. The number of carbonyl (C=O) groups excluding carboxylic acids is 1. The minimum absolute atomic E-state index is 0.0470. The molecule has 6 heteroatoms. The molecule has 0 bridgehead atoms. The highest BCUT2D eigenvalue weighted by atomic mass is 79.9. The highest BCUT2D eigenvalue weighted by molar-refractivity contribution is 9.10. The maximum absolute atomic E-state index is 12.6. The van der Waals surface area contributed by atoms with Crippen molar-refractivity contribution < 1.29 is 18.0 Å². The summed E-state index contributed by atoms with van der Waals surface area (Å²) in [5.74, 6) is -0.557. The molecule has 2 aromatic rings. The molecular formula is C13H7BrF3NO. The van der Waals surface area contributed by atoms with Crippen molar-refractivity contribution in [3.8, 4) is 0 Å². The second kappa shape index (κ2) is 5.13. The fraction of sp³-hybridized carbons (Fsp3) is 0.0769. The van der Waals surface area contributed by atoms with E-state index in [-0.39, 0.29) is 11.3 Å². The molecule has 0 aliphatic rings. The number of hydrogen-bond donors (Lipinski definition) is 0. The molecule has 0 aliphatic carbocycles. The van der Waals surface area contributed by atoms with Crippen molar-refractivity contribution in [2.45, 2.75) is 6.18 Å². The molecule has 0 fully saturated rings. The fourth-order valence-electron chi connectivity index (χ4n) is 1.53. The van der Waals surface area contributed by atoms with Gasteiger partial charge in [0.25, 0.3) is 0 Å². The van der Waals surface area contributed by atoms with E-state index in [9.17, 15) is 18.0 Å². The highest BCUT2D eigenvalue weighted by Crippen LogP contribution is 2.30. The summed E-state index contributed by atoms with van der Waals surface area (Å²) in [6.07, 6.45) is -3.07. The smallest absolute Gasteiger partial charge is 0.287 e. The lowest BCUT2D eigenvalue weighted by atomic mass is 10.0. The topological polar surface area (TPSA) is 30.0 Å². The second-order valence-corrected chi connectivity index (χ2v) is 4.60. The van der Waals surface area contributed by atoms with Gasteiger partial charge in [0.2, 0.25) is 5.78 Å². The van der Waals surface area contributed by atoms with Gasteiger partial charge in [-0.2, -0.15) is 13.2 Å². The van der Waals surface area contributed by atoms with E-state index >= 15 is 0 Å². The average molecular weight is 330 g/mol. The van der Waals surface area contributed by atoms with E-state index in [4.69, 9.17) is 0 Å². The van der Waals surface area contributed by atoms with E-state index < -0.39 is 17.5 Å². The Kier molecular flexibility index (Phi) is 3.71. The molecule has 0 saturated carbocycles. The van der Waals surface area contributed by atoms with Crippen LogP contribution < -0.4 is 0 Å². The summed E-state index contributed by atoms with van der Waals surface area (Å²) in [6, 6.07) is 7.50. The van der Waals surface area contributed by atoms with Crippen molar-refractivity contribution in [3.05, 3.63) is 63.9 Å². The van der Waals surface area contributed by atoms with Gasteiger partial charge in [-0.3, -0.25) is 9.78 Å². The number of pyridine rings is 1. The first-order chi connectivity index (χ1) is 8.89. The number of alkyl halides is 3. The summed E-state index contributed by atoms with van der Waals surface area (Å²) in [4.78, 5) is 16.0. The number of hydrogen-bond acceptors (Lipinski definition) is 2. The molecular weight excluding hydrogens is 323 g/mol. The van der Waals surface area contributed by atoms with Crippen LogP contribution in [0.3, 0.4) is 0 Å². The van der Waals surface area contributed by atoms with Crippen LogP contribution in [0.4, 0.5) is 13.2 Å². The molecule has 0 amide bonds. The van der Waals surface area contributed by atoms with Crippen molar-refractivity contribution in [1.82, 2.24) is 4.98 Å². The molecule has 0 aliphatic heterocycles. The number of rotatable bonds is 2. The summed E-state index contributed by atoms with van der Waals surface area (Å²) in [5, 5.41) is 0. The van der Waals surface area contributed by atoms with Gasteiger partial charge in [0.05, 0.1) is 5.56 Å². The second-order valence-electron chi connectivity index (χ2n) is 3.74. The standard InChI is InChI=1S/C13H7BrF3NO/c14-10-5-2-6-18-11(10)12(19)8-3-1-4-9(7-8)13(15,16)17/h1-7H. The van der Waals surface area contributed by atoms with Crippen molar-refractivity contribution in [2.24, 2.45) is 0 Å². The monoisotopic (exact) mass is 329 g/mol. The number of carbonyl (C=O) groups is 1. The van der Waals surface area contributed by atoms with Crippen LogP contribution >= 0.6 is 15.9 Å². The zero-order chi connectivity index (χ0) is 14.0. The van der Waals surface area contributed by atoms with E-state index in [1.165, 1.54) is 18.3 Å². The number of benzene rings is 1. The number of halogens is 4. The van der Waals surface area contributed by atoms with Crippen LogP contribution in [0, 0.1) is 0 Å². The molecule has 2 nitrogen and oxygen atoms in total. The normalized spacial score (nSPS) is 11.4. The van der Waals surface area contributed by atoms with Gasteiger partial charge in [-0.15, -0.1) is 0 Å². The molecule has 1 heterocycles. The Bertz CT molecular complexity index is 625. The largest absolute Gasteiger partial charge is 0.416 e. The van der Waals surface area contributed by atoms with Gasteiger partial charge in [0.1, 0.15) is 5.69 Å². The fourth-order valence-corrected chi connectivity index (χ4v) is 1.96. The van der Waals surface area contributed by atoms with Crippen molar-refractivity contribution in [3.63, 3.8) is 0 Å². The van der Waals surface area contributed by atoms with Gasteiger partial charge in [0.15, 0.2) is 0 Å². The number of nitrogens with zero attached hydrogens (tertiary/aromatic N) is 1. The lowest BCUT2D eigenvalue weighted by Crippen LogP contribution is -2.09. The SMILES string of the molecule is O=C(c1cccc(C(F)(F)F)c1)c1ncccc1Br. The van der Waals surface area contributed by atoms with Crippen LogP contribution in [0.2, 0.25) is 0 Å². The van der Waals surface area contributed by atoms with Gasteiger partial charge < -0.3 is 0 Å². The Morgan fingerprint density at radius 2 is 1.89 bits per heavy atom. The first-order valence-electron chi connectivity index (χ1n) is 5.22. The summed E-state index contributed by atoms with van der Waals surface area (Å²) in [5.41, 5.74) is -0.818. The average Bonchev–Trinajstić information content (AvgIpc) is 2.38. The van der Waals surface area contributed by atoms with Gasteiger partial charge >= 0.3 is 6.18 Å². The first kappa shape index (κ1) is 13.7. The molecule has 0 radical (unpaired) electrons. The quantitative estimate of drug-likeness (QED) is 0.776. The van der Waals surface area contributed by atoms with Crippen LogP contribution in [-0.2, 0) is 6.18 Å². The van der Waals surface area contributed by atoms with Crippen LogP contribution in [0.5, 0.6) is 0 Å². The lowest BCUT2D eigenvalue weighted by molar-refractivity contribution is -0.137. The van der Waals surface area contributed by atoms with Crippen LogP contribution in [0.1, 0.15) is 21.6 Å². The van der Waals surface area contributed by atoms with E-state index in [1.54, 1.807) is 12.1 Å². The molecule has 1 aromatic heterocycles. The van der Waals surface area contributed by atoms with Crippen molar-refractivity contribution >= 4 is 21.7 Å². The highest BCUT2D eigenvalue weighted by Gasteiger charge is 2.31. The Morgan fingerprint density at radius 3 is 2.53 bits per heavy atom. The van der Waals surface area contributed by atoms with Gasteiger partial charge in [-0.1, -0.05) is 12.1 Å². The molecule has 1 aromatic carbocycles. The maximum atomic E-state index is 12.6. The molecule has 0 atom stereocenters. The predicted octanol–water partition coefficient (Wildman–Crippen LogP) is 4.09. The van der Waals surface area contributed by atoms with Gasteiger partial charge in [-0.05, 0) is 40.2 Å². The molecule has 0 unspecified atom stereocenters. The third-order valence-corrected chi connectivity index (χ3v) is 3.07. The molecule has 98 valence electrons. The lowest BCUT2D eigenvalue weighted by Gasteiger charge is -2.08. The van der Waals surface area contributed by atoms with Gasteiger partial charge in [0, 0.05) is 16.2 Å². The van der Waals surface area contributed by atoms with E-state index in [0.29, 0.717) is 4.47 Å². The zero-order valence-electron chi connectivity index (χ0n) is 9.41. The number of ketones is 1. The van der Waals surface area contributed by atoms with Gasteiger partial charge in [-0.25, -0.2) is 0 Å². The molecule has 19 heavy (non-hydrogen) atoms. The molecule has 0 saturated heterocycles. The molecule has 2 rings (SSSR count). The minimum atomic E-state index is -4.47. The van der Waals surface area contributed by atoms with Crippen LogP contribution in [0.15, 0.2) is 47.1 Å². The Labute approximate surface area is 115 Å². The summed E-state index contributed by atoms with van der Waals surface area (Å²) in [7, 11) is 0. The Balaban J connectivity index is 2.43. The van der Waals surface area contributed by atoms with E-state index in [2.05, 4.69) is 20.9 Å². The molecule has 0 N–H and O–H groups in total. The van der Waals surface area contributed by atoms with Crippen molar-refractivity contribution in [1.29, 1.82) is 0 Å². The van der Waals surface area contributed by atoms with E-state index in [0.717, 1.165) is 12.1 Å². The Hall–Kier alpha value is -1.69. The van der Waals surface area contributed by atoms with E-state index in [1.807, 2.05) is 0 Å². The summed E-state index contributed by atoms with van der Waals surface area (Å²) >= 11 is 3.15. The Morgan fingerprint density at radius 1 is 1.16 bits per heavy atom. The summed E-state index contributed by atoms with van der Waals surface area (Å²) < 4.78 is 38.2. The van der Waals surface area contributed by atoms with Crippen LogP contribution in [0.25, 0.3) is 0 Å². The maximum Gasteiger partial charge on any atom is 0.416 e. The zero-order valence-corrected chi connectivity index (χ0v) is 11.0.